The second kappa shape index (κ2) is 5.36. The summed E-state index contributed by atoms with van der Waals surface area (Å²) in [5, 5.41) is 0. The van der Waals surface area contributed by atoms with Gasteiger partial charge >= 0.3 is 0 Å². The molecule has 2 aromatic carbocycles. The van der Waals surface area contributed by atoms with Crippen LogP contribution in [-0.2, 0) is 13.1 Å². The van der Waals surface area contributed by atoms with Gasteiger partial charge in [0.05, 0.1) is 13.1 Å². The van der Waals surface area contributed by atoms with Crippen molar-refractivity contribution in [3.8, 4) is 0 Å². The fourth-order valence-corrected chi connectivity index (χ4v) is 2.17. The molecule has 1 nitrogen and oxygen atoms in total. The molecule has 1 heteroatoms. The van der Waals surface area contributed by atoms with E-state index in [1.165, 1.54) is 16.7 Å². The molecular formula is C17H20N. The lowest BCUT2D eigenvalue weighted by Crippen LogP contribution is -2.35. The van der Waals surface area contributed by atoms with Gasteiger partial charge in [0.15, 0.2) is 0 Å². The molecule has 0 fully saturated rings. The normalized spacial score (nSPS) is 14.2. The minimum Gasteiger partial charge on any atom is -0.472 e. The predicted octanol–water partition coefficient (Wildman–Crippen LogP) is 3.81. The van der Waals surface area contributed by atoms with Crippen LogP contribution in [0.5, 0.6) is 0 Å². The van der Waals surface area contributed by atoms with Crippen LogP contribution in [0.2, 0.25) is 0 Å². The molecule has 0 N–H and O–H groups in total. The first-order chi connectivity index (χ1) is 8.55. The lowest BCUT2D eigenvalue weighted by Gasteiger charge is -2.40. The van der Waals surface area contributed by atoms with Crippen molar-refractivity contribution in [1.29, 1.82) is 0 Å². The molecule has 18 heavy (non-hydrogen) atoms. The Balaban J connectivity index is 2.05. The summed E-state index contributed by atoms with van der Waals surface area (Å²) in [5.41, 5.74) is 3.84. The zero-order chi connectivity index (χ0) is 13.0. The maximum atomic E-state index is 6.36. The summed E-state index contributed by atoms with van der Waals surface area (Å²) in [4.78, 5) is 0. The van der Waals surface area contributed by atoms with E-state index in [0.717, 1.165) is 13.1 Å². The van der Waals surface area contributed by atoms with Gasteiger partial charge in [0.1, 0.15) is 0 Å². The quantitative estimate of drug-likeness (QED) is 0.561. The molecule has 2 aromatic rings. The maximum absolute atomic E-state index is 6.36. The first-order valence-corrected chi connectivity index (χ1v) is 6.28. The van der Waals surface area contributed by atoms with Crippen LogP contribution in [0.4, 0.5) is 0 Å². The lowest BCUT2D eigenvalue weighted by atomic mass is 10.1. The molecule has 0 aliphatic rings. The van der Waals surface area contributed by atoms with Crippen molar-refractivity contribution in [2.24, 2.45) is 0 Å². The Labute approximate surface area is 110 Å². The average molecular weight is 238 g/mol. The molecule has 1 atom stereocenters. The van der Waals surface area contributed by atoms with Crippen molar-refractivity contribution in [2.75, 3.05) is 7.05 Å². The minimum absolute atomic E-state index is 0.479. The van der Waals surface area contributed by atoms with Gasteiger partial charge in [0.25, 0.3) is 0 Å². The molecule has 0 aliphatic heterocycles. The third-order valence-electron chi connectivity index (χ3n) is 3.05. The number of aryl methyl sites for hydroxylation is 1. The Hall–Kier alpha value is -1.60. The molecule has 0 aliphatic carbocycles. The van der Waals surface area contributed by atoms with Gasteiger partial charge in [-0.2, -0.15) is 0 Å². The number of hydrogen-bond donors (Lipinski definition) is 0. The highest BCUT2D eigenvalue weighted by Gasteiger charge is 2.09. The molecule has 0 aromatic heterocycles. The van der Waals surface area contributed by atoms with E-state index in [-0.39, 0.29) is 0 Å². The third kappa shape index (κ3) is 3.71. The van der Waals surface area contributed by atoms with Crippen LogP contribution in [-0.4, -0.2) is 11.5 Å². The molecule has 1 radical (unpaired) electrons. The topological polar surface area (TPSA) is 0 Å². The zero-order valence-electron chi connectivity index (χ0n) is 11.1. The number of nitrogens with zero attached hydrogens (tertiary/aromatic N) is 1. The van der Waals surface area contributed by atoms with Crippen LogP contribution >= 0.6 is 0 Å². The fourth-order valence-electron chi connectivity index (χ4n) is 2.17. The Morgan fingerprint density at radius 1 is 0.833 bits per heavy atom. The second-order valence-electron chi connectivity index (χ2n) is 5.27. The van der Waals surface area contributed by atoms with Gasteiger partial charge in [-0.15, -0.1) is 0 Å². The molecule has 0 heterocycles. The molecule has 0 saturated carbocycles. The smallest absolute Gasteiger partial charge is 0.0788 e. The number of quaternary nitrogens is 1. The van der Waals surface area contributed by atoms with Crippen LogP contribution in [0.3, 0.4) is 0 Å². The van der Waals surface area contributed by atoms with Gasteiger partial charge in [-0.25, -0.2) is 7.05 Å². The summed E-state index contributed by atoms with van der Waals surface area (Å²) < 4.78 is 0.479. The van der Waals surface area contributed by atoms with Gasteiger partial charge in [0.2, 0.25) is 0 Å². The van der Waals surface area contributed by atoms with Crippen molar-refractivity contribution >= 4 is 0 Å². The maximum Gasteiger partial charge on any atom is 0.0788 e. The van der Waals surface area contributed by atoms with E-state index >= 15 is 0 Å². The lowest BCUT2D eigenvalue weighted by molar-refractivity contribution is -0.893. The number of benzene rings is 2. The molecule has 0 amide bonds. The number of hydrogen-bond acceptors (Lipinski definition) is 0. The van der Waals surface area contributed by atoms with E-state index in [2.05, 4.69) is 62.5 Å². The summed E-state index contributed by atoms with van der Waals surface area (Å²) in [7, 11) is 8.42. The van der Waals surface area contributed by atoms with Crippen LogP contribution < -0.4 is 0 Å². The SMILES string of the molecule is [CH-][N+](C)(Cc1ccccc1)Cc1ccc(C)cc1. The Kier molecular flexibility index (Phi) is 3.83. The highest BCUT2D eigenvalue weighted by molar-refractivity contribution is 5.20. The van der Waals surface area contributed by atoms with E-state index in [1.54, 1.807) is 0 Å². The van der Waals surface area contributed by atoms with Gasteiger partial charge < -0.3 is 4.48 Å². The van der Waals surface area contributed by atoms with E-state index in [1.807, 2.05) is 6.07 Å². The van der Waals surface area contributed by atoms with Crippen molar-refractivity contribution in [2.45, 2.75) is 20.0 Å². The summed E-state index contributed by atoms with van der Waals surface area (Å²) in [6.07, 6.45) is 0. The molecule has 1 unspecified atom stereocenters. The largest absolute Gasteiger partial charge is 0.472 e. The van der Waals surface area contributed by atoms with Crippen LogP contribution in [0, 0.1) is 14.0 Å². The van der Waals surface area contributed by atoms with Crippen molar-refractivity contribution in [1.82, 2.24) is 0 Å². The monoisotopic (exact) mass is 238 g/mol. The summed E-state index contributed by atoms with van der Waals surface area (Å²) in [6, 6.07) is 19.0. The van der Waals surface area contributed by atoms with E-state index < -0.39 is 0 Å². The van der Waals surface area contributed by atoms with Crippen molar-refractivity contribution < 1.29 is 4.48 Å². The first kappa shape index (κ1) is 12.8. The minimum atomic E-state index is 0.479. The fraction of sp³-hybridized carbons (Fsp3) is 0.235. The molecule has 0 bridgehead atoms. The summed E-state index contributed by atoms with van der Waals surface area (Å²) >= 11 is 0. The highest BCUT2D eigenvalue weighted by Crippen LogP contribution is 2.16. The molecular weight excluding hydrogens is 218 g/mol. The van der Waals surface area contributed by atoms with Crippen LogP contribution in [0.15, 0.2) is 54.6 Å². The molecule has 2 rings (SSSR count). The van der Waals surface area contributed by atoms with E-state index in [9.17, 15) is 0 Å². The second-order valence-corrected chi connectivity index (χ2v) is 5.27. The van der Waals surface area contributed by atoms with Crippen molar-refractivity contribution in [3.05, 3.63) is 78.3 Å². The van der Waals surface area contributed by atoms with Gasteiger partial charge in [0, 0.05) is 18.2 Å². The molecule has 0 spiro atoms. The highest BCUT2D eigenvalue weighted by atomic mass is 15.3. The van der Waals surface area contributed by atoms with E-state index in [0.29, 0.717) is 4.48 Å². The van der Waals surface area contributed by atoms with Crippen LogP contribution in [0.1, 0.15) is 16.7 Å². The molecule has 93 valence electrons. The molecule has 0 saturated heterocycles. The van der Waals surface area contributed by atoms with E-state index in [4.69, 9.17) is 7.05 Å². The number of rotatable bonds is 4. The Morgan fingerprint density at radius 2 is 1.33 bits per heavy atom. The predicted molar refractivity (Wildman–Crippen MR) is 75.5 cm³/mol. The summed E-state index contributed by atoms with van der Waals surface area (Å²) in [6.45, 7) is 3.79. The summed E-state index contributed by atoms with van der Waals surface area (Å²) in [5.74, 6) is 0. The Morgan fingerprint density at radius 3 is 1.89 bits per heavy atom. The van der Waals surface area contributed by atoms with Crippen LogP contribution in [0.25, 0.3) is 0 Å². The van der Waals surface area contributed by atoms with Gasteiger partial charge in [-0.05, 0) is 6.92 Å². The van der Waals surface area contributed by atoms with Gasteiger partial charge in [-0.1, -0.05) is 60.2 Å². The first-order valence-electron chi connectivity index (χ1n) is 6.28. The van der Waals surface area contributed by atoms with Gasteiger partial charge in [-0.3, -0.25) is 0 Å². The van der Waals surface area contributed by atoms with Crippen molar-refractivity contribution in [3.63, 3.8) is 0 Å². The Bertz CT molecular complexity index is 483. The standard InChI is InChI=1S/C17H20N/c1-15-9-11-17(12-10-15)14-18(2,3)13-16-7-5-4-6-8-16/h2,4-12H,13-14H2,1,3H3. The zero-order valence-corrected chi connectivity index (χ0v) is 11.1. The third-order valence-corrected chi connectivity index (χ3v) is 3.05. The average Bonchev–Trinajstić information content (AvgIpc) is 2.32.